The molecule has 0 bridgehead atoms. The summed E-state index contributed by atoms with van der Waals surface area (Å²) < 4.78 is 2.18. The zero-order valence-corrected chi connectivity index (χ0v) is 15.7. The number of nitrogens with zero attached hydrogens (tertiary/aromatic N) is 5. The zero-order valence-electron chi connectivity index (χ0n) is 15.7. The molecule has 1 aliphatic heterocycles. The van der Waals surface area contributed by atoms with Gasteiger partial charge in [0.2, 0.25) is 0 Å². The summed E-state index contributed by atoms with van der Waals surface area (Å²) in [6.07, 6.45) is 3.84. The fraction of sp³-hybridized carbons (Fsp3) is 0.474. The normalized spacial score (nSPS) is 15.3. The second-order valence-corrected chi connectivity index (χ2v) is 7.04. The molecule has 27 heavy (non-hydrogen) atoms. The van der Waals surface area contributed by atoms with Crippen LogP contribution >= 0.6 is 0 Å². The van der Waals surface area contributed by atoms with E-state index in [-0.39, 0.29) is 17.2 Å². The molecule has 144 valence electrons. The molecule has 0 radical (unpaired) electrons. The van der Waals surface area contributed by atoms with Crippen LogP contribution in [0.3, 0.4) is 0 Å². The average molecular weight is 371 g/mol. The number of carbonyl (C=O) groups is 1. The highest BCUT2D eigenvalue weighted by Gasteiger charge is 2.27. The van der Waals surface area contributed by atoms with Crippen LogP contribution in [0.5, 0.6) is 0 Å². The van der Waals surface area contributed by atoms with Crippen molar-refractivity contribution in [2.75, 3.05) is 32.7 Å². The lowest BCUT2D eigenvalue weighted by molar-refractivity contribution is -0.385. The quantitative estimate of drug-likeness (QED) is 0.575. The number of nitro groups is 1. The third-order valence-electron chi connectivity index (χ3n) is 4.91. The number of hydrogen-bond acceptors (Lipinski definition) is 5. The largest absolute Gasteiger partial charge is 0.336 e. The minimum atomic E-state index is -0.499. The molecule has 1 amide bonds. The van der Waals surface area contributed by atoms with Gasteiger partial charge in [0, 0.05) is 63.6 Å². The lowest BCUT2D eigenvalue weighted by Gasteiger charge is -2.34. The topological polar surface area (TPSA) is 84.5 Å². The van der Waals surface area contributed by atoms with Crippen molar-refractivity contribution in [3.8, 4) is 0 Å². The highest BCUT2D eigenvalue weighted by atomic mass is 16.6. The van der Waals surface area contributed by atoms with Gasteiger partial charge in [-0.3, -0.25) is 19.8 Å². The van der Waals surface area contributed by atoms with Crippen LogP contribution in [0, 0.1) is 10.1 Å². The molecule has 0 spiro atoms. The average Bonchev–Trinajstić information content (AvgIpc) is 3.15. The van der Waals surface area contributed by atoms with E-state index in [9.17, 15) is 14.9 Å². The fourth-order valence-corrected chi connectivity index (χ4v) is 3.42. The first kappa shape index (κ1) is 19.0. The van der Waals surface area contributed by atoms with Crippen molar-refractivity contribution < 1.29 is 9.72 Å². The molecule has 1 aromatic carbocycles. The zero-order chi connectivity index (χ0) is 19.4. The van der Waals surface area contributed by atoms with Crippen LogP contribution in [0.15, 0.2) is 36.7 Å². The van der Waals surface area contributed by atoms with Crippen molar-refractivity contribution in [1.82, 2.24) is 19.4 Å². The van der Waals surface area contributed by atoms with Gasteiger partial charge in [-0.1, -0.05) is 26.0 Å². The first-order valence-corrected chi connectivity index (χ1v) is 9.23. The number of para-hydroxylation sites is 1. The van der Waals surface area contributed by atoms with Crippen molar-refractivity contribution in [1.29, 1.82) is 0 Å². The highest BCUT2D eigenvalue weighted by Crippen LogP contribution is 2.20. The molecule has 8 nitrogen and oxygen atoms in total. The lowest BCUT2D eigenvalue weighted by Crippen LogP contribution is -2.49. The summed E-state index contributed by atoms with van der Waals surface area (Å²) in [4.78, 5) is 31.8. The number of piperazine rings is 1. The summed E-state index contributed by atoms with van der Waals surface area (Å²) in [7, 11) is 0. The van der Waals surface area contributed by atoms with Crippen molar-refractivity contribution >= 4 is 11.6 Å². The summed E-state index contributed by atoms with van der Waals surface area (Å²) in [5.41, 5.74) is 0.0298. The molecule has 1 aliphatic rings. The summed E-state index contributed by atoms with van der Waals surface area (Å²) >= 11 is 0. The van der Waals surface area contributed by atoms with Gasteiger partial charge in [0.15, 0.2) is 0 Å². The van der Waals surface area contributed by atoms with Gasteiger partial charge >= 0.3 is 0 Å². The number of imidazole rings is 1. The third kappa shape index (κ3) is 4.33. The Morgan fingerprint density at radius 2 is 1.89 bits per heavy atom. The van der Waals surface area contributed by atoms with Crippen LogP contribution in [0.1, 0.15) is 35.9 Å². The first-order valence-electron chi connectivity index (χ1n) is 9.23. The molecule has 0 atom stereocenters. The molecule has 2 aromatic rings. The molecular formula is C19H25N5O3. The van der Waals surface area contributed by atoms with Gasteiger partial charge in [-0.05, 0) is 6.07 Å². The number of hydrogen-bond donors (Lipinski definition) is 0. The molecule has 2 heterocycles. The van der Waals surface area contributed by atoms with E-state index in [4.69, 9.17) is 0 Å². The highest BCUT2D eigenvalue weighted by molar-refractivity contribution is 5.98. The number of carbonyl (C=O) groups excluding carboxylic acids is 1. The van der Waals surface area contributed by atoms with Gasteiger partial charge in [-0.15, -0.1) is 0 Å². The Bertz CT molecular complexity index is 809. The van der Waals surface area contributed by atoms with Gasteiger partial charge in [0.05, 0.1) is 4.92 Å². The summed E-state index contributed by atoms with van der Waals surface area (Å²) in [5.74, 6) is 1.20. The van der Waals surface area contributed by atoms with E-state index < -0.39 is 4.92 Å². The van der Waals surface area contributed by atoms with E-state index in [0.29, 0.717) is 19.0 Å². The van der Waals surface area contributed by atoms with E-state index in [1.807, 2.05) is 12.4 Å². The standard InChI is InChI=1S/C19H25N5O3/c1-15(2)18-20-7-8-22(18)12-9-21-10-13-23(14-11-21)19(25)16-5-3-4-6-17(16)24(26)27/h3-8,15H,9-14H2,1-2H3. The predicted octanol–water partition coefficient (Wildman–Crippen LogP) is 2.37. The minimum Gasteiger partial charge on any atom is -0.336 e. The van der Waals surface area contributed by atoms with Crippen LogP contribution in [0.4, 0.5) is 5.69 Å². The molecule has 0 N–H and O–H groups in total. The third-order valence-corrected chi connectivity index (χ3v) is 4.91. The molecular weight excluding hydrogens is 346 g/mol. The monoisotopic (exact) mass is 371 g/mol. The number of nitro benzene ring substituents is 1. The van der Waals surface area contributed by atoms with Crippen LogP contribution in [-0.2, 0) is 6.54 Å². The van der Waals surface area contributed by atoms with E-state index in [0.717, 1.165) is 32.0 Å². The second kappa shape index (κ2) is 8.30. The number of benzene rings is 1. The van der Waals surface area contributed by atoms with Crippen molar-refractivity contribution in [2.24, 2.45) is 0 Å². The fourth-order valence-electron chi connectivity index (χ4n) is 3.42. The van der Waals surface area contributed by atoms with Gasteiger partial charge < -0.3 is 9.47 Å². The van der Waals surface area contributed by atoms with E-state index in [1.165, 1.54) is 12.1 Å². The maximum atomic E-state index is 12.7. The molecule has 1 saturated heterocycles. The molecule has 3 rings (SSSR count). The SMILES string of the molecule is CC(C)c1nccn1CCN1CCN(C(=O)c2ccccc2[N+](=O)[O-])CC1. The van der Waals surface area contributed by atoms with E-state index in [1.54, 1.807) is 17.0 Å². The maximum Gasteiger partial charge on any atom is 0.282 e. The molecule has 1 fully saturated rings. The van der Waals surface area contributed by atoms with E-state index >= 15 is 0 Å². The number of rotatable bonds is 6. The smallest absolute Gasteiger partial charge is 0.282 e. The Morgan fingerprint density at radius 3 is 2.56 bits per heavy atom. The predicted molar refractivity (Wildman–Crippen MR) is 102 cm³/mol. The van der Waals surface area contributed by atoms with Gasteiger partial charge in [0.25, 0.3) is 11.6 Å². The minimum absolute atomic E-state index is 0.133. The van der Waals surface area contributed by atoms with Crippen molar-refractivity contribution in [2.45, 2.75) is 26.3 Å². The summed E-state index contributed by atoms with van der Waals surface area (Å²) in [5, 5.41) is 11.2. The van der Waals surface area contributed by atoms with E-state index in [2.05, 4.69) is 28.3 Å². The lowest BCUT2D eigenvalue weighted by atomic mass is 10.1. The first-order chi connectivity index (χ1) is 13.0. The number of aromatic nitrogens is 2. The number of amides is 1. The molecule has 8 heteroatoms. The Hall–Kier alpha value is -2.74. The Morgan fingerprint density at radius 1 is 1.19 bits per heavy atom. The molecule has 0 aliphatic carbocycles. The summed E-state index contributed by atoms with van der Waals surface area (Å²) in [6, 6.07) is 6.14. The van der Waals surface area contributed by atoms with Crippen LogP contribution in [0.2, 0.25) is 0 Å². The van der Waals surface area contributed by atoms with Crippen LogP contribution in [0.25, 0.3) is 0 Å². The van der Waals surface area contributed by atoms with Crippen molar-refractivity contribution in [3.05, 3.63) is 58.2 Å². The van der Waals surface area contributed by atoms with Crippen molar-refractivity contribution in [3.63, 3.8) is 0 Å². The van der Waals surface area contributed by atoms with Gasteiger partial charge in [-0.2, -0.15) is 0 Å². The van der Waals surface area contributed by atoms with Gasteiger partial charge in [0.1, 0.15) is 11.4 Å². The second-order valence-electron chi connectivity index (χ2n) is 7.04. The molecule has 0 unspecified atom stereocenters. The summed E-state index contributed by atoms with van der Waals surface area (Å²) in [6.45, 7) is 8.70. The van der Waals surface area contributed by atoms with Crippen LogP contribution < -0.4 is 0 Å². The van der Waals surface area contributed by atoms with Gasteiger partial charge in [-0.25, -0.2) is 4.98 Å². The maximum absolute atomic E-state index is 12.7. The Balaban J connectivity index is 1.55. The molecule has 1 aromatic heterocycles. The van der Waals surface area contributed by atoms with Crippen LogP contribution in [-0.4, -0.2) is 62.9 Å². The Labute approximate surface area is 158 Å². The Kier molecular flexibility index (Phi) is 5.85. The molecule has 0 saturated carbocycles.